The van der Waals surface area contributed by atoms with E-state index >= 15 is 0 Å². The zero-order valence-corrected chi connectivity index (χ0v) is 12.2. The molecule has 116 valence electrons. The first-order valence-electron chi connectivity index (χ1n) is 6.62. The number of hydrogen-bond acceptors (Lipinski definition) is 5. The number of hydrogen-bond donors (Lipinski definition) is 1. The van der Waals surface area contributed by atoms with E-state index in [2.05, 4.69) is 10.4 Å². The Hall–Kier alpha value is -2.90. The predicted molar refractivity (Wildman–Crippen MR) is 78.8 cm³/mol. The quantitative estimate of drug-likeness (QED) is 0.645. The van der Waals surface area contributed by atoms with Gasteiger partial charge in [-0.1, -0.05) is 0 Å². The van der Waals surface area contributed by atoms with Crippen molar-refractivity contribution in [2.45, 2.75) is 19.5 Å². The molecule has 1 heterocycles. The van der Waals surface area contributed by atoms with Crippen molar-refractivity contribution >= 4 is 11.6 Å². The van der Waals surface area contributed by atoms with Crippen molar-refractivity contribution < 1.29 is 14.5 Å². The van der Waals surface area contributed by atoms with Gasteiger partial charge in [0.1, 0.15) is 0 Å². The van der Waals surface area contributed by atoms with E-state index < -0.39 is 4.92 Å². The Balaban J connectivity index is 2.09. The summed E-state index contributed by atoms with van der Waals surface area (Å²) in [5.74, 6) is -0.267. The molecule has 0 spiro atoms. The molecule has 1 atom stereocenters. The number of carbonyl (C=O) groups excluding carboxylic acids is 1. The molecule has 0 fully saturated rings. The van der Waals surface area contributed by atoms with Crippen LogP contribution in [-0.4, -0.2) is 33.8 Å². The maximum atomic E-state index is 12.2. The molecule has 0 saturated carbocycles. The van der Waals surface area contributed by atoms with Gasteiger partial charge in [-0.05, 0) is 25.1 Å². The van der Waals surface area contributed by atoms with Gasteiger partial charge in [0, 0.05) is 30.1 Å². The van der Waals surface area contributed by atoms with Gasteiger partial charge in [0.05, 0.1) is 18.6 Å². The molecule has 1 N–H and O–H groups in total. The van der Waals surface area contributed by atoms with Gasteiger partial charge >= 0.3 is 5.69 Å². The first-order valence-corrected chi connectivity index (χ1v) is 6.62. The molecule has 8 heteroatoms. The molecule has 2 rings (SSSR count). The molecule has 8 nitrogen and oxygen atoms in total. The third-order valence-electron chi connectivity index (χ3n) is 3.04. The Morgan fingerprint density at radius 3 is 2.91 bits per heavy atom. The number of nitro groups is 1. The summed E-state index contributed by atoms with van der Waals surface area (Å²) in [4.78, 5) is 22.5. The van der Waals surface area contributed by atoms with Gasteiger partial charge in [-0.2, -0.15) is 5.10 Å². The van der Waals surface area contributed by atoms with Crippen LogP contribution in [-0.2, 0) is 6.54 Å². The van der Waals surface area contributed by atoms with E-state index in [9.17, 15) is 14.9 Å². The smallest absolute Gasteiger partial charge is 0.311 e. The standard InChI is InChI=1S/C14H16N4O4/c1-10(9-17-7-3-6-15-17)16-14(19)11-4-5-13(22-2)12(8-11)18(20)21/h3-8,10H,9H2,1-2H3,(H,16,19)/t10-/m1/s1. The lowest BCUT2D eigenvalue weighted by Crippen LogP contribution is -2.35. The normalized spacial score (nSPS) is 11.7. The first-order chi connectivity index (χ1) is 10.5. The predicted octanol–water partition coefficient (Wildman–Crippen LogP) is 1.62. The van der Waals surface area contributed by atoms with Gasteiger partial charge in [-0.15, -0.1) is 0 Å². The lowest BCUT2D eigenvalue weighted by atomic mass is 10.1. The summed E-state index contributed by atoms with van der Waals surface area (Å²) in [6.45, 7) is 2.34. The number of nitrogens with zero attached hydrogens (tertiary/aromatic N) is 3. The summed E-state index contributed by atoms with van der Waals surface area (Å²) in [7, 11) is 1.34. The minimum absolute atomic E-state index is 0.117. The van der Waals surface area contributed by atoms with Crippen LogP contribution in [0.1, 0.15) is 17.3 Å². The van der Waals surface area contributed by atoms with E-state index in [0.717, 1.165) is 0 Å². The van der Waals surface area contributed by atoms with Crippen molar-refractivity contribution in [3.05, 3.63) is 52.3 Å². The summed E-state index contributed by atoms with van der Waals surface area (Å²) in [6, 6.07) is 5.72. The molecular weight excluding hydrogens is 288 g/mol. The van der Waals surface area contributed by atoms with Crippen LogP contribution in [0.4, 0.5) is 5.69 Å². The van der Waals surface area contributed by atoms with Gasteiger partial charge < -0.3 is 10.1 Å². The number of benzene rings is 1. The fraction of sp³-hybridized carbons (Fsp3) is 0.286. The number of methoxy groups -OCH3 is 1. The van der Waals surface area contributed by atoms with Crippen molar-refractivity contribution in [1.82, 2.24) is 15.1 Å². The molecule has 1 aromatic heterocycles. The summed E-state index contributed by atoms with van der Waals surface area (Å²) < 4.78 is 6.60. The van der Waals surface area contributed by atoms with Crippen molar-refractivity contribution in [1.29, 1.82) is 0 Å². The minimum Gasteiger partial charge on any atom is -0.490 e. The fourth-order valence-electron chi connectivity index (χ4n) is 2.02. The van der Waals surface area contributed by atoms with Gasteiger partial charge in [0.15, 0.2) is 5.75 Å². The van der Waals surface area contributed by atoms with Gasteiger partial charge in [0.25, 0.3) is 5.91 Å². The van der Waals surface area contributed by atoms with Crippen LogP contribution in [0.15, 0.2) is 36.7 Å². The van der Waals surface area contributed by atoms with E-state index in [1.807, 2.05) is 6.92 Å². The fourth-order valence-corrected chi connectivity index (χ4v) is 2.02. The SMILES string of the molecule is COc1ccc(C(=O)N[C@H](C)Cn2cccn2)cc1[N+](=O)[O-]. The molecule has 0 unspecified atom stereocenters. The topological polar surface area (TPSA) is 99.3 Å². The zero-order valence-electron chi connectivity index (χ0n) is 12.2. The monoisotopic (exact) mass is 304 g/mol. The van der Waals surface area contributed by atoms with Crippen LogP contribution in [0.5, 0.6) is 5.75 Å². The Kier molecular flexibility index (Phi) is 4.72. The second-order valence-corrected chi connectivity index (χ2v) is 4.75. The van der Waals surface area contributed by atoms with Crippen LogP contribution >= 0.6 is 0 Å². The molecule has 0 aliphatic rings. The van der Waals surface area contributed by atoms with E-state index in [4.69, 9.17) is 4.74 Å². The number of rotatable bonds is 6. The van der Waals surface area contributed by atoms with E-state index in [1.165, 1.54) is 25.3 Å². The molecule has 0 radical (unpaired) electrons. The van der Waals surface area contributed by atoms with Gasteiger partial charge in [0.2, 0.25) is 0 Å². The molecule has 2 aromatic rings. The highest BCUT2D eigenvalue weighted by molar-refractivity contribution is 5.95. The number of ether oxygens (including phenoxy) is 1. The second kappa shape index (κ2) is 6.70. The van der Waals surface area contributed by atoms with Crippen LogP contribution < -0.4 is 10.1 Å². The average Bonchev–Trinajstić information content (AvgIpc) is 2.99. The zero-order chi connectivity index (χ0) is 16.1. The third-order valence-corrected chi connectivity index (χ3v) is 3.04. The number of carbonyl (C=O) groups is 1. The molecule has 0 saturated heterocycles. The maximum absolute atomic E-state index is 12.2. The number of aromatic nitrogens is 2. The molecule has 0 aliphatic heterocycles. The first kappa shape index (κ1) is 15.5. The highest BCUT2D eigenvalue weighted by atomic mass is 16.6. The highest BCUT2D eigenvalue weighted by Gasteiger charge is 2.19. The number of amides is 1. The Bertz CT molecular complexity index is 669. The second-order valence-electron chi connectivity index (χ2n) is 4.75. The van der Waals surface area contributed by atoms with E-state index in [-0.39, 0.29) is 28.9 Å². The summed E-state index contributed by atoms with van der Waals surface area (Å²) in [5.41, 5.74) is -0.0327. The molecule has 0 bridgehead atoms. The Labute approximate surface area is 126 Å². The largest absolute Gasteiger partial charge is 0.490 e. The van der Waals surface area contributed by atoms with Gasteiger partial charge in [-0.25, -0.2) is 0 Å². The number of nitrogens with one attached hydrogen (secondary N) is 1. The van der Waals surface area contributed by atoms with Crippen molar-refractivity contribution in [2.75, 3.05) is 7.11 Å². The van der Waals surface area contributed by atoms with Gasteiger partial charge in [-0.3, -0.25) is 19.6 Å². The van der Waals surface area contributed by atoms with Crippen molar-refractivity contribution in [3.8, 4) is 5.75 Å². The molecule has 1 amide bonds. The van der Waals surface area contributed by atoms with E-state index in [0.29, 0.717) is 6.54 Å². The van der Waals surface area contributed by atoms with Crippen molar-refractivity contribution in [3.63, 3.8) is 0 Å². The Morgan fingerprint density at radius 2 is 2.32 bits per heavy atom. The Morgan fingerprint density at radius 1 is 1.55 bits per heavy atom. The number of nitro benzene ring substituents is 1. The van der Waals surface area contributed by atoms with Crippen LogP contribution in [0.2, 0.25) is 0 Å². The lowest BCUT2D eigenvalue weighted by molar-refractivity contribution is -0.385. The maximum Gasteiger partial charge on any atom is 0.311 e. The molecule has 22 heavy (non-hydrogen) atoms. The molecular formula is C14H16N4O4. The van der Waals surface area contributed by atoms with Crippen LogP contribution in [0.25, 0.3) is 0 Å². The van der Waals surface area contributed by atoms with Crippen LogP contribution in [0.3, 0.4) is 0 Å². The van der Waals surface area contributed by atoms with Crippen molar-refractivity contribution in [2.24, 2.45) is 0 Å². The van der Waals surface area contributed by atoms with Crippen LogP contribution in [0, 0.1) is 10.1 Å². The third kappa shape index (κ3) is 3.60. The van der Waals surface area contributed by atoms with E-state index in [1.54, 1.807) is 23.1 Å². The average molecular weight is 304 g/mol. The minimum atomic E-state index is -0.581. The lowest BCUT2D eigenvalue weighted by Gasteiger charge is -2.14. The molecule has 1 aromatic carbocycles. The summed E-state index contributed by atoms with van der Waals surface area (Å²) in [6.07, 6.45) is 3.45. The highest BCUT2D eigenvalue weighted by Crippen LogP contribution is 2.27. The molecule has 0 aliphatic carbocycles. The summed E-state index contributed by atoms with van der Waals surface area (Å²) >= 11 is 0. The summed E-state index contributed by atoms with van der Waals surface area (Å²) in [5, 5.41) is 17.8.